The minimum Gasteiger partial charge on any atom is -0.354 e. The van der Waals surface area contributed by atoms with Crippen molar-refractivity contribution in [3.63, 3.8) is 0 Å². The van der Waals surface area contributed by atoms with Gasteiger partial charge in [0.15, 0.2) is 5.43 Å². The predicted octanol–water partition coefficient (Wildman–Crippen LogP) is 5.89. The first-order valence-corrected chi connectivity index (χ1v) is 9.05. The smallest absolute Gasteiger partial charge is 0.192 e. The van der Waals surface area contributed by atoms with Gasteiger partial charge in [-0.15, -0.1) is 0 Å². The molecule has 0 fully saturated rings. The molecule has 1 N–H and O–H groups in total. The zero-order chi connectivity index (χ0) is 19.0. The van der Waals surface area contributed by atoms with Crippen LogP contribution in [0.1, 0.15) is 16.7 Å². The number of halogens is 2. The lowest BCUT2D eigenvalue weighted by molar-refractivity contribution is 0.627. The number of aromatic amines is 1. The number of H-pyrrole nitrogens is 1. The molecule has 1 aromatic heterocycles. The molecule has 2 nitrogen and oxygen atoms in total. The lowest BCUT2D eigenvalue weighted by Gasteiger charge is -2.11. The molecule has 0 bridgehead atoms. The van der Waals surface area contributed by atoms with E-state index in [2.05, 4.69) is 11.1 Å². The average Bonchev–Trinajstić information content (AvgIpc) is 2.67. The van der Waals surface area contributed by atoms with Crippen molar-refractivity contribution in [3.8, 4) is 11.3 Å². The van der Waals surface area contributed by atoms with Crippen molar-refractivity contribution in [2.24, 2.45) is 0 Å². The van der Waals surface area contributed by atoms with Gasteiger partial charge >= 0.3 is 0 Å². The fraction of sp³-hybridized carbons (Fsp3) is 0.0870. The van der Waals surface area contributed by atoms with Crippen LogP contribution >= 0.6 is 11.6 Å². The van der Waals surface area contributed by atoms with Crippen LogP contribution in [0.5, 0.6) is 0 Å². The summed E-state index contributed by atoms with van der Waals surface area (Å²) in [6.07, 6.45) is 0.695. The van der Waals surface area contributed by atoms with Crippen LogP contribution in [-0.2, 0) is 6.42 Å². The Bertz CT molecular complexity index is 1200. The van der Waals surface area contributed by atoms with Crippen molar-refractivity contribution in [2.45, 2.75) is 13.3 Å². The van der Waals surface area contributed by atoms with Gasteiger partial charge in [0.1, 0.15) is 5.82 Å². The van der Waals surface area contributed by atoms with Crippen molar-refractivity contribution in [1.29, 1.82) is 0 Å². The standard InChI is InChI=1S/C23H17ClFNO/c1-14-22(26-21-10-7-18(24)13-20(21)23(14)27)17-4-2-3-16(12-17)11-15-5-8-19(25)9-6-15/h2-10,12-13H,11H2,1H3,(H,26,27). The topological polar surface area (TPSA) is 32.9 Å². The highest BCUT2D eigenvalue weighted by Crippen LogP contribution is 2.25. The molecule has 0 amide bonds. The van der Waals surface area contributed by atoms with Gasteiger partial charge in [-0.3, -0.25) is 4.79 Å². The molecule has 27 heavy (non-hydrogen) atoms. The summed E-state index contributed by atoms with van der Waals surface area (Å²) in [5.74, 6) is -0.239. The third-order valence-electron chi connectivity index (χ3n) is 4.74. The van der Waals surface area contributed by atoms with Crippen molar-refractivity contribution < 1.29 is 4.39 Å². The van der Waals surface area contributed by atoms with Gasteiger partial charge in [-0.1, -0.05) is 41.9 Å². The van der Waals surface area contributed by atoms with E-state index in [1.54, 1.807) is 24.3 Å². The number of pyridine rings is 1. The number of aromatic nitrogens is 1. The van der Waals surface area contributed by atoms with Gasteiger partial charge in [0.25, 0.3) is 0 Å². The SMILES string of the molecule is Cc1c(-c2cccc(Cc3ccc(F)cc3)c2)[nH]c2ccc(Cl)cc2c1=O. The number of hydrogen-bond acceptors (Lipinski definition) is 1. The highest BCUT2D eigenvalue weighted by molar-refractivity contribution is 6.31. The molecular weight excluding hydrogens is 361 g/mol. The zero-order valence-corrected chi connectivity index (χ0v) is 15.5. The Morgan fingerprint density at radius 2 is 1.74 bits per heavy atom. The first-order valence-electron chi connectivity index (χ1n) is 8.67. The van der Waals surface area contributed by atoms with Crippen molar-refractivity contribution in [1.82, 2.24) is 4.98 Å². The fourth-order valence-corrected chi connectivity index (χ4v) is 3.49. The maximum absolute atomic E-state index is 13.1. The summed E-state index contributed by atoms with van der Waals surface area (Å²) in [4.78, 5) is 16.1. The van der Waals surface area contributed by atoms with Gasteiger partial charge in [0, 0.05) is 21.5 Å². The molecule has 0 aliphatic heterocycles. The van der Waals surface area contributed by atoms with E-state index in [0.717, 1.165) is 27.9 Å². The molecule has 0 aliphatic carbocycles. The van der Waals surface area contributed by atoms with E-state index in [1.165, 1.54) is 12.1 Å². The summed E-state index contributed by atoms with van der Waals surface area (Å²) in [5.41, 5.74) is 5.27. The Hall–Kier alpha value is -2.91. The Morgan fingerprint density at radius 1 is 0.963 bits per heavy atom. The van der Waals surface area contributed by atoms with Gasteiger partial charge in [0.2, 0.25) is 0 Å². The molecule has 134 valence electrons. The van der Waals surface area contributed by atoms with E-state index in [9.17, 15) is 9.18 Å². The van der Waals surface area contributed by atoms with Crippen molar-refractivity contribution >= 4 is 22.5 Å². The monoisotopic (exact) mass is 377 g/mol. The molecule has 4 rings (SSSR count). The van der Waals surface area contributed by atoms with Crippen LogP contribution in [0.3, 0.4) is 0 Å². The Morgan fingerprint density at radius 3 is 2.52 bits per heavy atom. The third kappa shape index (κ3) is 3.51. The molecule has 4 heteroatoms. The summed E-state index contributed by atoms with van der Waals surface area (Å²) in [6, 6.07) is 19.8. The Kier molecular flexibility index (Phi) is 4.54. The van der Waals surface area contributed by atoms with E-state index < -0.39 is 0 Å². The number of rotatable bonds is 3. The number of fused-ring (bicyclic) bond motifs is 1. The van der Waals surface area contributed by atoms with Crippen molar-refractivity contribution in [3.05, 3.63) is 104 Å². The van der Waals surface area contributed by atoms with Gasteiger partial charge in [0.05, 0.1) is 5.69 Å². The van der Waals surface area contributed by atoms with Crippen LogP contribution in [-0.4, -0.2) is 4.98 Å². The molecule has 0 saturated carbocycles. The van der Waals surface area contributed by atoms with E-state index in [1.807, 2.05) is 31.2 Å². The van der Waals surface area contributed by atoms with Crippen LogP contribution in [0.15, 0.2) is 71.5 Å². The van der Waals surface area contributed by atoms with E-state index in [0.29, 0.717) is 22.4 Å². The summed E-state index contributed by atoms with van der Waals surface area (Å²) < 4.78 is 13.1. The molecule has 0 spiro atoms. The summed E-state index contributed by atoms with van der Waals surface area (Å²) in [6.45, 7) is 1.82. The summed E-state index contributed by atoms with van der Waals surface area (Å²) in [7, 11) is 0. The first-order chi connectivity index (χ1) is 13.0. The maximum Gasteiger partial charge on any atom is 0.192 e. The molecule has 0 aliphatic rings. The van der Waals surface area contributed by atoms with Crippen LogP contribution in [0.25, 0.3) is 22.2 Å². The van der Waals surface area contributed by atoms with E-state index in [-0.39, 0.29) is 11.2 Å². The van der Waals surface area contributed by atoms with E-state index >= 15 is 0 Å². The van der Waals surface area contributed by atoms with Gasteiger partial charge in [-0.2, -0.15) is 0 Å². The van der Waals surface area contributed by atoms with Crippen LogP contribution < -0.4 is 5.43 Å². The van der Waals surface area contributed by atoms with Gasteiger partial charge in [-0.05, 0) is 66.4 Å². The molecule has 0 saturated heterocycles. The molecule has 1 heterocycles. The average molecular weight is 378 g/mol. The summed E-state index contributed by atoms with van der Waals surface area (Å²) >= 11 is 6.03. The maximum atomic E-state index is 13.1. The predicted molar refractivity (Wildman–Crippen MR) is 109 cm³/mol. The molecule has 0 radical (unpaired) electrons. The second kappa shape index (κ2) is 7.01. The van der Waals surface area contributed by atoms with Gasteiger partial charge < -0.3 is 4.98 Å². The van der Waals surface area contributed by atoms with Crippen LogP contribution in [0.2, 0.25) is 5.02 Å². The van der Waals surface area contributed by atoms with Crippen LogP contribution in [0.4, 0.5) is 4.39 Å². The molecule has 4 aromatic rings. The zero-order valence-electron chi connectivity index (χ0n) is 14.7. The quantitative estimate of drug-likeness (QED) is 0.474. The Labute approximate surface area is 161 Å². The molecule has 0 unspecified atom stereocenters. The lowest BCUT2D eigenvalue weighted by Crippen LogP contribution is -2.09. The van der Waals surface area contributed by atoms with Crippen LogP contribution in [0, 0.1) is 12.7 Å². The minimum atomic E-state index is -0.239. The number of benzene rings is 3. The molecule has 3 aromatic carbocycles. The highest BCUT2D eigenvalue weighted by Gasteiger charge is 2.11. The third-order valence-corrected chi connectivity index (χ3v) is 4.97. The molecule has 0 atom stereocenters. The second-order valence-electron chi connectivity index (χ2n) is 6.65. The molecular formula is C23H17ClFNO. The van der Waals surface area contributed by atoms with Gasteiger partial charge in [-0.25, -0.2) is 4.39 Å². The minimum absolute atomic E-state index is 0.0230. The second-order valence-corrected chi connectivity index (χ2v) is 7.08. The number of hydrogen-bond donors (Lipinski definition) is 1. The van der Waals surface area contributed by atoms with E-state index in [4.69, 9.17) is 11.6 Å². The normalized spacial score (nSPS) is 11.1. The fourth-order valence-electron chi connectivity index (χ4n) is 3.32. The lowest BCUT2D eigenvalue weighted by atomic mass is 9.99. The highest BCUT2D eigenvalue weighted by atomic mass is 35.5. The number of nitrogens with one attached hydrogen (secondary N) is 1. The summed E-state index contributed by atoms with van der Waals surface area (Å²) in [5, 5.41) is 1.13. The van der Waals surface area contributed by atoms with Crippen molar-refractivity contribution in [2.75, 3.05) is 0 Å². The first kappa shape index (κ1) is 17.5. The Balaban J connectivity index is 1.77. The largest absolute Gasteiger partial charge is 0.354 e.